The van der Waals surface area contributed by atoms with E-state index in [1.54, 1.807) is 0 Å². The van der Waals surface area contributed by atoms with Crippen molar-refractivity contribution in [2.75, 3.05) is 26.4 Å². The summed E-state index contributed by atoms with van der Waals surface area (Å²) in [7, 11) is -1.31. The van der Waals surface area contributed by atoms with Crippen LogP contribution < -0.4 is 0 Å². The zero-order valence-electron chi connectivity index (χ0n) is 6.78. The highest BCUT2D eigenvalue weighted by atomic mass is 32.2. The number of likely N-dealkylation sites (tertiary alicyclic amines) is 1. The molecular formula is C6H13NO3S. The fraction of sp³-hybridized carbons (Fsp3) is 1.00. The fourth-order valence-electron chi connectivity index (χ4n) is 1.22. The molecule has 66 valence electrons. The summed E-state index contributed by atoms with van der Waals surface area (Å²) < 4.78 is 26.1. The molecule has 1 saturated heterocycles. The van der Waals surface area contributed by atoms with Crippen LogP contribution in [0.5, 0.6) is 0 Å². The van der Waals surface area contributed by atoms with E-state index < -0.39 is 10.1 Å². The van der Waals surface area contributed by atoms with E-state index in [2.05, 4.69) is 4.90 Å². The Bertz CT molecular complexity index is 224. The van der Waals surface area contributed by atoms with Crippen LogP contribution in [0.2, 0.25) is 0 Å². The summed E-state index contributed by atoms with van der Waals surface area (Å²) in [5.74, 6) is 0. The van der Waals surface area contributed by atoms with E-state index in [1.807, 2.05) is 7.05 Å². The summed E-state index contributed by atoms with van der Waals surface area (Å²) in [4.78, 5) is 2.05. The quantitative estimate of drug-likeness (QED) is 0.544. The second-order valence-corrected chi connectivity index (χ2v) is 4.57. The number of hydrogen-bond acceptors (Lipinski definition) is 4. The molecule has 0 aromatic rings. The summed E-state index contributed by atoms with van der Waals surface area (Å²) in [5, 5.41) is 0. The summed E-state index contributed by atoms with van der Waals surface area (Å²) >= 11 is 0. The van der Waals surface area contributed by atoms with E-state index in [-0.39, 0.29) is 6.10 Å². The van der Waals surface area contributed by atoms with Gasteiger partial charge in [0.25, 0.3) is 10.1 Å². The van der Waals surface area contributed by atoms with Gasteiger partial charge < -0.3 is 4.90 Å². The van der Waals surface area contributed by atoms with Gasteiger partial charge in [-0.25, -0.2) is 0 Å². The predicted octanol–water partition coefficient (Wildman–Crippen LogP) is -0.333. The van der Waals surface area contributed by atoms with E-state index in [0.717, 1.165) is 19.2 Å². The Morgan fingerprint density at radius 2 is 2.18 bits per heavy atom. The van der Waals surface area contributed by atoms with Crippen molar-refractivity contribution in [2.45, 2.75) is 12.5 Å². The molecule has 1 fully saturated rings. The molecule has 0 spiro atoms. The van der Waals surface area contributed by atoms with Gasteiger partial charge in [-0.2, -0.15) is 8.42 Å². The third kappa shape index (κ3) is 3.18. The normalized spacial score (nSPS) is 27.6. The Labute approximate surface area is 67.3 Å². The first kappa shape index (κ1) is 8.96. The standard InChI is InChI=1S/C6H13NO3S/c1-7-4-3-6(5-7)10-11(2,8)9/h6H,3-5H2,1-2H3/t6-/m1/s1. The third-order valence-electron chi connectivity index (χ3n) is 1.66. The van der Waals surface area contributed by atoms with Crippen LogP contribution in [0.4, 0.5) is 0 Å². The molecule has 0 aromatic carbocycles. The first-order valence-corrected chi connectivity index (χ1v) is 5.36. The smallest absolute Gasteiger partial charge is 0.264 e. The van der Waals surface area contributed by atoms with E-state index in [1.165, 1.54) is 0 Å². The molecule has 0 aromatic heterocycles. The highest BCUT2D eigenvalue weighted by molar-refractivity contribution is 7.86. The van der Waals surface area contributed by atoms with Gasteiger partial charge in [0.15, 0.2) is 0 Å². The Morgan fingerprint density at radius 3 is 2.55 bits per heavy atom. The van der Waals surface area contributed by atoms with Gasteiger partial charge in [-0.1, -0.05) is 0 Å². The average Bonchev–Trinajstić information content (AvgIpc) is 2.10. The van der Waals surface area contributed by atoms with Crippen LogP contribution >= 0.6 is 0 Å². The zero-order chi connectivity index (χ0) is 8.48. The molecule has 0 N–H and O–H groups in total. The number of likely N-dealkylation sites (N-methyl/N-ethyl adjacent to an activating group) is 1. The minimum atomic E-state index is -3.26. The van der Waals surface area contributed by atoms with Gasteiger partial charge in [-0.15, -0.1) is 0 Å². The molecule has 0 amide bonds. The molecule has 4 nitrogen and oxygen atoms in total. The second-order valence-electron chi connectivity index (χ2n) is 2.97. The first-order valence-electron chi connectivity index (χ1n) is 3.54. The molecular weight excluding hydrogens is 166 g/mol. The topological polar surface area (TPSA) is 46.6 Å². The van der Waals surface area contributed by atoms with Crippen molar-refractivity contribution in [3.63, 3.8) is 0 Å². The molecule has 1 heterocycles. The van der Waals surface area contributed by atoms with Crippen LogP contribution in [0.1, 0.15) is 6.42 Å². The van der Waals surface area contributed by atoms with E-state index >= 15 is 0 Å². The van der Waals surface area contributed by atoms with Crippen LogP contribution in [-0.2, 0) is 14.3 Å². The van der Waals surface area contributed by atoms with Crippen LogP contribution in [0, 0.1) is 0 Å². The van der Waals surface area contributed by atoms with Crippen molar-refractivity contribution in [3.05, 3.63) is 0 Å². The maximum Gasteiger partial charge on any atom is 0.264 e. The molecule has 0 saturated carbocycles. The minimum absolute atomic E-state index is 0.130. The maximum absolute atomic E-state index is 10.7. The van der Waals surface area contributed by atoms with Crippen LogP contribution in [0.25, 0.3) is 0 Å². The Kier molecular flexibility index (Phi) is 2.51. The molecule has 11 heavy (non-hydrogen) atoms. The molecule has 0 bridgehead atoms. The summed E-state index contributed by atoms with van der Waals surface area (Å²) in [6.07, 6.45) is 1.77. The Hall–Kier alpha value is -0.130. The molecule has 0 radical (unpaired) electrons. The summed E-state index contributed by atoms with van der Waals surface area (Å²) in [6, 6.07) is 0. The molecule has 1 rings (SSSR count). The average molecular weight is 179 g/mol. The van der Waals surface area contributed by atoms with Crippen LogP contribution in [-0.4, -0.2) is 45.8 Å². The highest BCUT2D eigenvalue weighted by Gasteiger charge is 2.23. The van der Waals surface area contributed by atoms with Crippen LogP contribution in [0.3, 0.4) is 0 Å². The van der Waals surface area contributed by atoms with Crippen molar-refractivity contribution < 1.29 is 12.6 Å². The number of rotatable bonds is 2. The lowest BCUT2D eigenvalue weighted by atomic mass is 10.3. The lowest BCUT2D eigenvalue weighted by Gasteiger charge is -2.08. The second kappa shape index (κ2) is 3.08. The molecule has 0 aliphatic carbocycles. The largest absolute Gasteiger partial charge is 0.304 e. The lowest BCUT2D eigenvalue weighted by Crippen LogP contribution is -2.21. The molecule has 5 heteroatoms. The van der Waals surface area contributed by atoms with Gasteiger partial charge in [0.2, 0.25) is 0 Å². The van der Waals surface area contributed by atoms with Crippen molar-refractivity contribution in [1.29, 1.82) is 0 Å². The summed E-state index contributed by atoms with van der Waals surface area (Å²) in [5.41, 5.74) is 0. The van der Waals surface area contributed by atoms with Crippen molar-refractivity contribution >= 4 is 10.1 Å². The van der Waals surface area contributed by atoms with Gasteiger partial charge in [0.1, 0.15) is 0 Å². The number of nitrogens with zero attached hydrogens (tertiary/aromatic N) is 1. The van der Waals surface area contributed by atoms with Gasteiger partial charge >= 0.3 is 0 Å². The van der Waals surface area contributed by atoms with E-state index in [0.29, 0.717) is 6.54 Å². The molecule has 1 atom stereocenters. The van der Waals surface area contributed by atoms with Crippen LogP contribution in [0.15, 0.2) is 0 Å². The predicted molar refractivity (Wildman–Crippen MR) is 41.8 cm³/mol. The van der Waals surface area contributed by atoms with Crippen molar-refractivity contribution in [3.8, 4) is 0 Å². The SMILES string of the molecule is CN1CC[C@@H](OS(C)(=O)=O)C1. The van der Waals surface area contributed by atoms with Gasteiger partial charge in [-0.3, -0.25) is 4.18 Å². The molecule has 0 unspecified atom stereocenters. The highest BCUT2D eigenvalue weighted by Crippen LogP contribution is 2.11. The summed E-state index contributed by atoms with van der Waals surface area (Å²) in [6.45, 7) is 1.63. The van der Waals surface area contributed by atoms with Crippen molar-refractivity contribution in [1.82, 2.24) is 4.90 Å². The van der Waals surface area contributed by atoms with Gasteiger partial charge in [-0.05, 0) is 13.5 Å². The monoisotopic (exact) mass is 179 g/mol. The van der Waals surface area contributed by atoms with Crippen molar-refractivity contribution in [2.24, 2.45) is 0 Å². The fourth-order valence-corrected chi connectivity index (χ4v) is 1.87. The van der Waals surface area contributed by atoms with E-state index in [4.69, 9.17) is 4.18 Å². The third-order valence-corrected chi connectivity index (χ3v) is 2.28. The Balaban J connectivity index is 2.41. The lowest BCUT2D eigenvalue weighted by molar-refractivity contribution is 0.217. The Morgan fingerprint density at radius 1 is 1.55 bits per heavy atom. The minimum Gasteiger partial charge on any atom is -0.304 e. The van der Waals surface area contributed by atoms with Gasteiger partial charge in [0, 0.05) is 13.1 Å². The first-order chi connectivity index (χ1) is 4.97. The molecule has 1 aliphatic heterocycles. The van der Waals surface area contributed by atoms with E-state index in [9.17, 15) is 8.42 Å². The molecule has 1 aliphatic rings. The number of hydrogen-bond donors (Lipinski definition) is 0. The zero-order valence-corrected chi connectivity index (χ0v) is 7.60. The maximum atomic E-state index is 10.7. The van der Waals surface area contributed by atoms with Gasteiger partial charge in [0.05, 0.1) is 12.4 Å².